The molecule has 0 spiro atoms. The molecule has 0 unspecified atom stereocenters. The lowest BCUT2D eigenvalue weighted by Crippen LogP contribution is -2.32. The Labute approximate surface area is 180 Å². The minimum absolute atomic E-state index is 0.278. The van der Waals surface area contributed by atoms with Gasteiger partial charge in [0.15, 0.2) is 0 Å². The van der Waals surface area contributed by atoms with Crippen LogP contribution in [-0.2, 0) is 6.54 Å². The SMILES string of the molecule is Cc1cc(CNC(=O)c2c(-c3ccccc3Cl)noc2C)nc(N2CCCCC2)n1. The van der Waals surface area contributed by atoms with Gasteiger partial charge in [0, 0.05) is 24.3 Å². The maximum atomic E-state index is 13.0. The molecule has 8 heteroatoms. The first kappa shape index (κ1) is 20.3. The zero-order valence-corrected chi connectivity index (χ0v) is 17.9. The molecular formula is C22H24ClN5O2. The molecule has 1 fully saturated rings. The maximum absolute atomic E-state index is 13.0. The fourth-order valence-electron chi connectivity index (χ4n) is 3.68. The third kappa shape index (κ3) is 4.31. The quantitative estimate of drug-likeness (QED) is 0.655. The van der Waals surface area contributed by atoms with Crippen LogP contribution in [0, 0.1) is 13.8 Å². The molecule has 0 bridgehead atoms. The number of hydrogen-bond acceptors (Lipinski definition) is 6. The highest BCUT2D eigenvalue weighted by Crippen LogP contribution is 2.31. The molecule has 1 N–H and O–H groups in total. The van der Waals surface area contributed by atoms with Crippen molar-refractivity contribution in [2.75, 3.05) is 18.0 Å². The Morgan fingerprint density at radius 3 is 2.70 bits per heavy atom. The van der Waals surface area contributed by atoms with Gasteiger partial charge in [-0.2, -0.15) is 0 Å². The van der Waals surface area contributed by atoms with Crippen molar-refractivity contribution in [2.45, 2.75) is 39.7 Å². The van der Waals surface area contributed by atoms with E-state index in [-0.39, 0.29) is 12.5 Å². The number of anilines is 1. The van der Waals surface area contributed by atoms with Crippen molar-refractivity contribution < 1.29 is 9.32 Å². The average Bonchev–Trinajstić information content (AvgIpc) is 3.14. The van der Waals surface area contributed by atoms with E-state index in [1.54, 1.807) is 13.0 Å². The Morgan fingerprint density at radius 2 is 1.93 bits per heavy atom. The highest BCUT2D eigenvalue weighted by molar-refractivity contribution is 6.33. The standard InChI is InChI=1S/C22H24ClN5O2/c1-14-12-16(26-22(25-14)28-10-6-3-7-11-28)13-24-21(29)19-15(2)30-27-20(19)17-8-4-5-9-18(17)23/h4-5,8-9,12H,3,6-7,10-11,13H2,1-2H3,(H,24,29). The van der Waals surface area contributed by atoms with Gasteiger partial charge in [0.1, 0.15) is 17.0 Å². The van der Waals surface area contributed by atoms with Crippen LogP contribution in [0.3, 0.4) is 0 Å². The minimum atomic E-state index is -0.278. The number of hydrogen-bond donors (Lipinski definition) is 1. The van der Waals surface area contributed by atoms with Crippen LogP contribution in [0.4, 0.5) is 5.95 Å². The van der Waals surface area contributed by atoms with Crippen molar-refractivity contribution >= 4 is 23.5 Å². The molecule has 3 heterocycles. The van der Waals surface area contributed by atoms with Crippen molar-refractivity contribution in [3.05, 3.63) is 58.1 Å². The Kier molecular flexibility index (Phi) is 5.99. The van der Waals surface area contributed by atoms with Gasteiger partial charge >= 0.3 is 0 Å². The smallest absolute Gasteiger partial charge is 0.257 e. The molecule has 3 aromatic rings. The lowest BCUT2D eigenvalue weighted by Gasteiger charge is -2.27. The van der Waals surface area contributed by atoms with E-state index < -0.39 is 0 Å². The summed E-state index contributed by atoms with van der Waals surface area (Å²) in [6, 6.07) is 9.14. The molecule has 4 rings (SSSR count). The third-order valence-corrected chi connectivity index (χ3v) is 5.51. The summed E-state index contributed by atoms with van der Waals surface area (Å²) < 4.78 is 5.29. The van der Waals surface area contributed by atoms with Gasteiger partial charge in [0.2, 0.25) is 5.95 Å². The second-order valence-corrected chi connectivity index (χ2v) is 7.88. The summed E-state index contributed by atoms with van der Waals surface area (Å²) >= 11 is 6.29. The van der Waals surface area contributed by atoms with Gasteiger partial charge in [-0.15, -0.1) is 0 Å². The lowest BCUT2D eigenvalue weighted by atomic mass is 10.1. The average molecular weight is 426 g/mol. The van der Waals surface area contributed by atoms with Crippen LogP contribution in [0.25, 0.3) is 11.3 Å². The second kappa shape index (κ2) is 8.83. The number of piperidine rings is 1. The van der Waals surface area contributed by atoms with Gasteiger partial charge in [0.05, 0.1) is 17.3 Å². The first-order valence-electron chi connectivity index (χ1n) is 10.1. The van der Waals surface area contributed by atoms with Gasteiger partial charge < -0.3 is 14.7 Å². The first-order valence-corrected chi connectivity index (χ1v) is 10.5. The number of nitrogens with one attached hydrogen (secondary N) is 1. The fourth-order valence-corrected chi connectivity index (χ4v) is 3.90. The molecule has 0 atom stereocenters. The molecule has 30 heavy (non-hydrogen) atoms. The van der Waals surface area contributed by atoms with Crippen LogP contribution >= 0.6 is 11.6 Å². The van der Waals surface area contributed by atoms with Crippen LogP contribution < -0.4 is 10.2 Å². The van der Waals surface area contributed by atoms with E-state index in [0.717, 1.165) is 43.3 Å². The number of carbonyl (C=O) groups excluding carboxylic acids is 1. The summed E-state index contributed by atoms with van der Waals surface area (Å²) in [7, 11) is 0. The van der Waals surface area contributed by atoms with Crippen LogP contribution in [0.15, 0.2) is 34.9 Å². The number of carbonyl (C=O) groups is 1. The Balaban J connectivity index is 1.53. The Bertz CT molecular complexity index is 1060. The van der Waals surface area contributed by atoms with Crippen molar-refractivity contribution in [1.82, 2.24) is 20.4 Å². The number of aryl methyl sites for hydroxylation is 2. The van der Waals surface area contributed by atoms with Crippen molar-refractivity contribution in [3.8, 4) is 11.3 Å². The molecule has 1 amide bonds. The fraction of sp³-hybridized carbons (Fsp3) is 0.364. The van der Waals surface area contributed by atoms with Crippen molar-refractivity contribution in [1.29, 1.82) is 0 Å². The summed E-state index contributed by atoms with van der Waals surface area (Å²) in [6.45, 7) is 5.88. The largest absolute Gasteiger partial charge is 0.360 e. The van der Waals surface area contributed by atoms with Gasteiger partial charge in [0.25, 0.3) is 5.91 Å². The van der Waals surface area contributed by atoms with Crippen LogP contribution in [0.5, 0.6) is 0 Å². The summed E-state index contributed by atoms with van der Waals surface area (Å²) in [5.74, 6) is 0.895. The predicted molar refractivity (Wildman–Crippen MR) is 116 cm³/mol. The van der Waals surface area contributed by atoms with E-state index >= 15 is 0 Å². The van der Waals surface area contributed by atoms with Crippen LogP contribution in [0.1, 0.15) is 46.8 Å². The van der Waals surface area contributed by atoms with E-state index in [1.807, 2.05) is 31.2 Å². The maximum Gasteiger partial charge on any atom is 0.257 e. The molecule has 0 aliphatic carbocycles. The first-order chi connectivity index (χ1) is 14.5. The molecule has 1 aromatic carbocycles. The van der Waals surface area contributed by atoms with E-state index in [9.17, 15) is 4.79 Å². The predicted octanol–water partition coefficient (Wildman–Crippen LogP) is 4.32. The normalized spacial score (nSPS) is 14.0. The lowest BCUT2D eigenvalue weighted by molar-refractivity contribution is 0.0949. The Hall–Kier alpha value is -2.93. The molecule has 1 aliphatic heterocycles. The van der Waals surface area contributed by atoms with E-state index in [1.165, 1.54) is 6.42 Å². The van der Waals surface area contributed by atoms with Crippen molar-refractivity contribution in [2.24, 2.45) is 0 Å². The number of amides is 1. The van der Waals surface area contributed by atoms with E-state index in [4.69, 9.17) is 16.1 Å². The van der Waals surface area contributed by atoms with Gasteiger partial charge in [-0.25, -0.2) is 9.97 Å². The molecule has 7 nitrogen and oxygen atoms in total. The van der Waals surface area contributed by atoms with E-state index in [0.29, 0.717) is 27.6 Å². The highest BCUT2D eigenvalue weighted by atomic mass is 35.5. The molecule has 1 aliphatic rings. The minimum Gasteiger partial charge on any atom is -0.360 e. The topological polar surface area (TPSA) is 84.2 Å². The second-order valence-electron chi connectivity index (χ2n) is 7.47. The van der Waals surface area contributed by atoms with Crippen LogP contribution in [0.2, 0.25) is 5.02 Å². The molecule has 156 valence electrons. The molecule has 0 radical (unpaired) electrons. The molecule has 2 aromatic heterocycles. The zero-order chi connectivity index (χ0) is 21.1. The number of benzene rings is 1. The monoisotopic (exact) mass is 425 g/mol. The van der Waals surface area contributed by atoms with E-state index in [2.05, 4.69) is 25.3 Å². The van der Waals surface area contributed by atoms with Gasteiger partial charge in [-0.3, -0.25) is 4.79 Å². The number of halogens is 1. The summed E-state index contributed by atoms with van der Waals surface area (Å²) in [5.41, 5.74) is 3.12. The third-order valence-electron chi connectivity index (χ3n) is 5.18. The zero-order valence-electron chi connectivity index (χ0n) is 17.1. The number of rotatable bonds is 5. The number of nitrogens with zero attached hydrogens (tertiary/aromatic N) is 4. The molecular weight excluding hydrogens is 402 g/mol. The van der Waals surface area contributed by atoms with Crippen LogP contribution in [-0.4, -0.2) is 34.1 Å². The number of aromatic nitrogens is 3. The molecule has 0 saturated carbocycles. The highest BCUT2D eigenvalue weighted by Gasteiger charge is 2.23. The summed E-state index contributed by atoms with van der Waals surface area (Å²) in [4.78, 5) is 24.4. The summed E-state index contributed by atoms with van der Waals surface area (Å²) in [5, 5.41) is 7.51. The van der Waals surface area contributed by atoms with Gasteiger partial charge in [-0.1, -0.05) is 35.0 Å². The summed E-state index contributed by atoms with van der Waals surface area (Å²) in [6.07, 6.45) is 3.55. The van der Waals surface area contributed by atoms with Crippen molar-refractivity contribution in [3.63, 3.8) is 0 Å². The molecule has 1 saturated heterocycles. The van der Waals surface area contributed by atoms with Gasteiger partial charge in [-0.05, 0) is 45.2 Å². The Morgan fingerprint density at radius 1 is 1.17 bits per heavy atom.